The first-order valence-corrected chi connectivity index (χ1v) is 9.86. The van der Waals surface area contributed by atoms with Crippen LogP contribution < -0.4 is 10.0 Å². The summed E-state index contributed by atoms with van der Waals surface area (Å²) < 4.78 is 0. The van der Waals surface area contributed by atoms with Gasteiger partial charge in [0.25, 0.3) is 0 Å². The molecule has 1 aromatic rings. The average molecular weight is 366 g/mol. The Morgan fingerprint density at radius 3 is 2.41 bits per heavy atom. The number of carboxylic acids is 1. The molecule has 4 atom stereocenters. The lowest BCUT2D eigenvalue weighted by molar-refractivity contribution is -0.898. The van der Waals surface area contributed by atoms with Crippen LogP contribution in [0.3, 0.4) is 0 Å². The summed E-state index contributed by atoms with van der Waals surface area (Å²) in [5.41, 5.74) is 1.20. The largest absolute Gasteiger partial charge is 0.550 e. The fourth-order valence-electron chi connectivity index (χ4n) is 4.86. The number of fused-ring (bicyclic) bond motifs is 2. The molecule has 1 N–H and O–H groups in total. The van der Waals surface area contributed by atoms with Crippen LogP contribution in [-0.2, 0) is 9.59 Å². The van der Waals surface area contributed by atoms with Crippen LogP contribution in [-0.4, -0.2) is 49.5 Å². The Hall–Kier alpha value is -2.40. The van der Waals surface area contributed by atoms with E-state index in [1.54, 1.807) is 0 Å². The highest BCUT2D eigenvalue weighted by Gasteiger charge is 2.50. The first-order chi connectivity index (χ1) is 13.1. The van der Waals surface area contributed by atoms with Crippen LogP contribution in [0.4, 0.5) is 0 Å². The molecule has 4 rings (SSSR count). The van der Waals surface area contributed by atoms with Crippen molar-refractivity contribution in [1.29, 1.82) is 0 Å². The van der Waals surface area contributed by atoms with Crippen molar-refractivity contribution in [2.24, 2.45) is 23.7 Å². The highest BCUT2D eigenvalue weighted by Crippen LogP contribution is 2.48. The molecule has 0 radical (unpaired) electrons. The molecule has 5 nitrogen and oxygen atoms in total. The lowest BCUT2D eigenvalue weighted by Gasteiger charge is -2.36. The van der Waals surface area contributed by atoms with Crippen LogP contribution in [0.1, 0.15) is 12.0 Å². The van der Waals surface area contributed by atoms with E-state index in [9.17, 15) is 14.7 Å². The minimum absolute atomic E-state index is 0.0138. The molecule has 0 spiro atoms. The van der Waals surface area contributed by atoms with Crippen molar-refractivity contribution in [1.82, 2.24) is 4.90 Å². The number of hydrogen-bond donors (Lipinski definition) is 1. The summed E-state index contributed by atoms with van der Waals surface area (Å²) in [6, 6.07) is 10.2. The van der Waals surface area contributed by atoms with Gasteiger partial charge in [0.2, 0.25) is 5.91 Å². The van der Waals surface area contributed by atoms with Crippen molar-refractivity contribution < 1.29 is 19.6 Å². The number of piperazine rings is 1. The predicted molar refractivity (Wildman–Crippen MR) is 100 cm³/mol. The molecule has 1 aromatic carbocycles. The van der Waals surface area contributed by atoms with Gasteiger partial charge in [0.15, 0.2) is 0 Å². The molecule has 1 saturated heterocycles. The fraction of sp³-hybridized carbons (Fsp3) is 0.455. The average Bonchev–Trinajstić information content (AvgIpc) is 3.30. The van der Waals surface area contributed by atoms with Crippen LogP contribution in [0.5, 0.6) is 0 Å². The molecule has 0 aromatic heterocycles. The van der Waals surface area contributed by atoms with Gasteiger partial charge < -0.3 is 19.7 Å². The molecular weight excluding hydrogens is 340 g/mol. The lowest BCUT2D eigenvalue weighted by Crippen LogP contribution is -3.14. The van der Waals surface area contributed by atoms with Gasteiger partial charge in [0, 0.05) is 11.9 Å². The van der Waals surface area contributed by atoms with Gasteiger partial charge >= 0.3 is 0 Å². The van der Waals surface area contributed by atoms with Gasteiger partial charge in [-0.3, -0.25) is 4.79 Å². The zero-order valence-electron chi connectivity index (χ0n) is 15.4. The van der Waals surface area contributed by atoms with Crippen molar-refractivity contribution in [3.05, 3.63) is 54.1 Å². The number of quaternary nitrogens is 1. The molecule has 1 aliphatic heterocycles. The minimum Gasteiger partial charge on any atom is -0.550 e. The maximum absolute atomic E-state index is 13.0. The third-order valence-electron chi connectivity index (χ3n) is 6.32. The summed E-state index contributed by atoms with van der Waals surface area (Å²) in [5.74, 6) is -2.08. The van der Waals surface area contributed by atoms with Gasteiger partial charge in [0.05, 0.1) is 38.6 Å². The molecule has 0 unspecified atom stereocenters. The summed E-state index contributed by atoms with van der Waals surface area (Å²) in [6.45, 7) is 4.14. The first-order valence-electron chi connectivity index (χ1n) is 9.86. The Bertz CT molecular complexity index is 750. The van der Waals surface area contributed by atoms with E-state index in [-0.39, 0.29) is 17.7 Å². The van der Waals surface area contributed by atoms with E-state index in [1.165, 1.54) is 10.5 Å². The van der Waals surface area contributed by atoms with Gasteiger partial charge in [-0.25, -0.2) is 0 Å². The molecule has 2 fully saturated rings. The highest BCUT2D eigenvalue weighted by atomic mass is 16.4. The topological polar surface area (TPSA) is 64.9 Å². The molecule has 1 heterocycles. The minimum atomic E-state index is -1.07. The summed E-state index contributed by atoms with van der Waals surface area (Å²) in [4.78, 5) is 27.9. The lowest BCUT2D eigenvalue weighted by atomic mass is 9.82. The molecular formula is C22H26N2O3. The Morgan fingerprint density at radius 1 is 1.07 bits per heavy atom. The Morgan fingerprint density at radius 2 is 1.74 bits per heavy atom. The Balaban J connectivity index is 1.30. The number of benzene rings is 1. The molecule has 142 valence electrons. The zero-order chi connectivity index (χ0) is 18.8. The van der Waals surface area contributed by atoms with E-state index in [4.69, 9.17) is 0 Å². The van der Waals surface area contributed by atoms with Crippen molar-refractivity contribution in [3.63, 3.8) is 0 Å². The number of nitrogens with one attached hydrogen (secondary N) is 1. The number of nitrogens with zero attached hydrogens (tertiary/aromatic N) is 1. The van der Waals surface area contributed by atoms with E-state index in [0.29, 0.717) is 13.1 Å². The maximum atomic E-state index is 13.0. The molecule has 2 aliphatic carbocycles. The molecule has 1 saturated carbocycles. The van der Waals surface area contributed by atoms with E-state index >= 15 is 0 Å². The van der Waals surface area contributed by atoms with Crippen molar-refractivity contribution in [3.8, 4) is 0 Å². The second kappa shape index (κ2) is 7.69. The number of amides is 1. The smallest absolute Gasteiger partial charge is 0.227 e. The predicted octanol–water partition coefficient (Wildman–Crippen LogP) is -0.385. The number of allylic oxidation sites excluding steroid dienone is 2. The first kappa shape index (κ1) is 18.0. The number of hydrogen-bond acceptors (Lipinski definition) is 3. The number of carbonyl (C=O) groups is 2. The normalized spacial score (nSPS) is 30.3. The second-order valence-electron chi connectivity index (χ2n) is 7.91. The highest BCUT2D eigenvalue weighted by molar-refractivity contribution is 5.86. The van der Waals surface area contributed by atoms with Crippen LogP contribution in [0.25, 0.3) is 6.08 Å². The van der Waals surface area contributed by atoms with Gasteiger partial charge in [-0.15, -0.1) is 0 Å². The van der Waals surface area contributed by atoms with E-state index in [0.717, 1.165) is 26.1 Å². The quantitative estimate of drug-likeness (QED) is 0.723. The number of aliphatic carboxylic acids is 1. The van der Waals surface area contributed by atoms with Gasteiger partial charge in [-0.1, -0.05) is 48.6 Å². The van der Waals surface area contributed by atoms with Crippen molar-refractivity contribution in [2.45, 2.75) is 6.42 Å². The maximum Gasteiger partial charge on any atom is 0.227 e. The molecule has 27 heavy (non-hydrogen) atoms. The van der Waals surface area contributed by atoms with Gasteiger partial charge in [-0.05, 0) is 29.9 Å². The van der Waals surface area contributed by atoms with Crippen LogP contribution in [0.15, 0.2) is 48.6 Å². The second-order valence-corrected chi connectivity index (χ2v) is 7.91. The summed E-state index contributed by atoms with van der Waals surface area (Å²) in [6.07, 6.45) is 9.09. The summed E-state index contributed by atoms with van der Waals surface area (Å²) >= 11 is 0. The SMILES string of the molecule is O=C([O-])[C@@H]1[C@H](C(=O)N2CC[NH+](C/C=C/c3ccccc3)CC2)[C@@H]2C=C[C@H]1C2. The number of carbonyl (C=O) groups excluding carboxylic acids is 2. The number of carboxylic acid groups (broad SMARTS) is 1. The molecule has 3 aliphatic rings. The van der Waals surface area contributed by atoms with E-state index < -0.39 is 17.8 Å². The molecule has 2 bridgehead atoms. The summed E-state index contributed by atoms with van der Waals surface area (Å²) in [7, 11) is 0. The number of rotatable bonds is 5. The van der Waals surface area contributed by atoms with Crippen molar-refractivity contribution >= 4 is 18.0 Å². The molecule has 5 heteroatoms. The van der Waals surface area contributed by atoms with Crippen molar-refractivity contribution in [2.75, 3.05) is 32.7 Å². The van der Waals surface area contributed by atoms with Crippen LogP contribution in [0, 0.1) is 23.7 Å². The van der Waals surface area contributed by atoms with Gasteiger partial charge in [0.1, 0.15) is 0 Å². The van der Waals surface area contributed by atoms with E-state index in [2.05, 4.69) is 24.3 Å². The molecule has 1 amide bonds. The van der Waals surface area contributed by atoms with E-state index in [1.807, 2.05) is 35.3 Å². The third kappa shape index (κ3) is 3.69. The van der Waals surface area contributed by atoms with Crippen LogP contribution in [0.2, 0.25) is 0 Å². The third-order valence-corrected chi connectivity index (χ3v) is 6.32. The fourth-order valence-corrected chi connectivity index (χ4v) is 4.86. The zero-order valence-corrected chi connectivity index (χ0v) is 15.4. The van der Waals surface area contributed by atoms with Crippen LogP contribution >= 0.6 is 0 Å². The monoisotopic (exact) mass is 366 g/mol. The Kier molecular flexibility index (Phi) is 5.12. The standard InChI is InChI=1S/C22H26N2O3/c25-21(19-17-8-9-18(15-17)20(19)22(26)27)24-13-11-23(12-14-24)10-4-7-16-5-2-1-3-6-16/h1-9,17-20H,10-15H2,(H,26,27)/b7-4+/t17-,18+,19-,20+/m1/s1. The Labute approximate surface area is 160 Å². The van der Waals surface area contributed by atoms with Gasteiger partial charge in [-0.2, -0.15) is 0 Å². The summed E-state index contributed by atoms with van der Waals surface area (Å²) in [5, 5.41) is 11.5.